The molecule has 0 saturated heterocycles. The van der Waals surface area contributed by atoms with Crippen molar-refractivity contribution in [1.82, 2.24) is 0 Å². The highest BCUT2D eigenvalue weighted by Gasteiger charge is 2.10. The van der Waals surface area contributed by atoms with E-state index in [1.54, 1.807) is 13.8 Å². The van der Waals surface area contributed by atoms with Crippen LogP contribution in [0.25, 0.3) is 21.5 Å². The van der Waals surface area contributed by atoms with E-state index in [2.05, 4.69) is 10.6 Å². The molecule has 4 aromatic carbocycles. The molecule has 32 heavy (non-hydrogen) atoms. The highest BCUT2D eigenvalue weighted by molar-refractivity contribution is 5.87. The normalized spacial score (nSPS) is 12.3. The van der Waals surface area contributed by atoms with E-state index in [1.165, 1.54) is 0 Å². The molecule has 6 nitrogen and oxygen atoms in total. The number of carboxylic acids is 2. The molecular formula is C26H26N2O4. The summed E-state index contributed by atoms with van der Waals surface area (Å²) in [4.78, 5) is 21.4. The van der Waals surface area contributed by atoms with Gasteiger partial charge in [-0.25, -0.2) is 0 Å². The highest BCUT2D eigenvalue weighted by Crippen LogP contribution is 2.20. The van der Waals surface area contributed by atoms with Crippen LogP contribution in [0.4, 0.5) is 11.4 Å². The maximum Gasteiger partial charge on any atom is 0.325 e. The number of hydrogen-bond acceptors (Lipinski definition) is 4. The molecule has 0 aliphatic rings. The summed E-state index contributed by atoms with van der Waals surface area (Å²) < 4.78 is 0. The summed E-state index contributed by atoms with van der Waals surface area (Å²) in [5, 5.41) is 28.0. The molecule has 4 rings (SSSR count). The summed E-state index contributed by atoms with van der Waals surface area (Å²) >= 11 is 0. The first-order valence-corrected chi connectivity index (χ1v) is 10.3. The lowest BCUT2D eigenvalue weighted by molar-refractivity contribution is -0.138. The minimum absolute atomic E-state index is 0.582. The summed E-state index contributed by atoms with van der Waals surface area (Å²) in [6, 6.07) is 26.4. The van der Waals surface area contributed by atoms with Crippen molar-refractivity contribution in [3.8, 4) is 0 Å². The van der Waals surface area contributed by atoms with Crippen LogP contribution in [0.5, 0.6) is 0 Å². The minimum atomic E-state index is -0.854. The molecule has 0 radical (unpaired) electrons. The number of anilines is 2. The fourth-order valence-electron chi connectivity index (χ4n) is 3.18. The van der Waals surface area contributed by atoms with Crippen LogP contribution in [0, 0.1) is 0 Å². The van der Waals surface area contributed by atoms with E-state index < -0.39 is 24.0 Å². The van der Waals surface area contributed by atoms with Gasteiger partial charge in [-0.05, 0) is 59.7 Å². The van der Waals surface area contributed by atoms with E-state index in [-0.39, 0.29) is 0 Å². The van der Waals surface area contributed by atoms with Gasteiger partial charge in [0, 0.05) is 11.4 Å². The Morgan fingerprint density at radius 2 is 0.938 bits per heavy atom. The van der Waals surface area contributed by atoms with E-state index in [0.717, 1.165) is 32.9 Å². The fraction of sp³-hybridized carbons (Fsp3) is 0.154. The van der Waals surface area contributed by atoms with Crippen LogP contribution in [-0.2, 0) is 9.59 Å². The molecule has 4 N–H and O–H groups in total. The standard InChI is InChI=1S/2C13H13NO2/c2*1-9(13(15)16)14-12-7-6-10-4-2-3-5-11(10)8-12/h2*2-9,14H,1H3,(H,15,16)/t2*9-/m00/s1. The van der Waals surface area contributed by atoms with E-state index in [4.69, 9.17) is 10.2 Å². The van der Waals surface area contributed by atoms with Crippen molar-refractivity contribution in [2.75, 3.05) is 10.6 Å². The van der Waals surface area contributed by atoms with Crippen LogP contribution >= 0.6 is 0 Å². The van der Waals surface area contributed by atoms with Crippen molar-refractivity contribution in [3.05, 3.63) is 84.9 Å². The zero-order valence-electron chi connectivity index (χ0n) is 17.9. The number of rotatable bonds is 6. The number of fused-ring (bicyclic) bond motifs is 2. The predicted molar refractivity (Wildman–Crippen MR) is 129 cm³/mol. The average Bonchev–Trinajstić information content (AvgIpc) is 2.79. The minimum Gasteiger partial charge on any atom is -0.480 e. The second kappa shape index (κ2) is 10.3. The lowest BCUT2D eigenvalue weighted by Crippen LogP contribution is -2.25. The molecule has 0 amide bonds. The molecule has 0 unspecified atom stereocenters. The lowest BCUT2D eigenvalue weighted by Gasteiger charge is -2.11. The largest absolute Gasteiger partial charge is 0.480 e. The molecule has 0 aliphatic heterocycles. The average molecular weight is 431 g/mol. The number of benzene rings is 4. The Kier molecular flexibility index (Phi) is 7.29. The first kappa shape index (κ1) is 22.6. The van der Waals surface area contributed by atoms with Crippen LogP contribution in [-0.4, -0.2) is 34.2 Å². The molecule has 0 spiro atoms. The third-order valence-electron chi connectivity index (χ3n) is 5.01. The Labute approximate surface area is 186 Å². The molecular weight excluding hydrogens is 404 g/mol. The highest BCUT2D eigenvalue weighted by atomic mass is 16.4. The maximum absolute atomic E-state index is 10.7. The van der Waals surface area contributed by atoms with Crippen molar-refractivity contribution < 1.29 is 19.8 Å². The zero-order chi connectivity index (χ0) is 23.1. The van der Waals surface area contributed by atoms with Gasteiger partial charge in [-0.2, -0.15) is 0 Å². The molecule has 0 saturated carbocycles. The third-order valence-corrected chi connectivity index (χ3v) is 5.01. The summed E-state index contributed by atoms with van der Waals surface area (Å²) in [6.45, 7) is 3.25. The SMILES string of the molecule is C[C@H](Nc1ccc2ccccc2c1)C(=O)O.C[C@H](Nc1ccc2ccccc2c1)C(=O)O. The molecule has 0 aliphatic carbocycles. The van der Waals surface area contributed by atoms with Crippen LogP contribution < -0.4 is 10.6 Å². The number of carboxylic acid groups (broad SMARTS) is 2. The topological polar surface area (TPSA) is 98.7 Å². The molecule has 6 heteroatoms. The van der Waals surface area contributed by atoms with Crippen molar-refractivity contribution >= 4 is 44.9 Å². The number of hydrogen-bond donors (Lipinski definition) is 4. The fourth-order valence-corrected chi connectivity index (χ4v) is 3.18. The molecule has 4 aromatic rings. The Bertz CT molecular complexity index is 1140. The van der Waals surface area contributed by atoms with Crippen molar-refractivity contribution in [2.24, 2.45) is 0 Å². The van der Waals surface area contributed by atoms with E-state index in [0.29, 0.717) is 0 Å². The summed E-state index contributed by atoms with van der Waals surface area (Å²) in [5.41, 5.74) is 1.65. The van der Waals surface area contributed by atoms with Gasteiger partial charge < -0.3 is 20.8 Å². The van der Waals surface area contributed by atoms with E-state index >= 15 is 0 Å². The molecule has 0 bridgehead atoms. The number of nitrogens with one attached hydrogen (secondary N) is 2. The molecule has 0 aromatic heterocycles. The molecule has 0 fully saturated rings. The monoisotopic (exact) mass is 430 g/mol. The molecule has 2 atom stereocenters. The van der Waals surface area contributed by atoms with Crippen LogP contribution in [0.2, 0.25) is 0 Å². The Morgan fingerprint density at radius 3 is 1.28 bits per heavy atom. The Morgan fingerprint density at radius 1 is 0.594 bits per heavy atom. The molecule has 164 valence electrons. The lowest BCUT2D eigenvalue weighted by atomic mass is 10.1. The predicted octanol–water partition coefficient (Wildman–Crippen LogP) is 5.45. The van der Waals surface area contributed by atoms with Gasteiger partial charge in [0.15, 0.2) is 0 Å². The van der Waals surface area contributed by atoms with Crippen LogP contribution in [0.3, 0.4) is 0 Å². The zero-order valence-corrected chi connectivity index (χ0v) is 17.9. The second-order valence-corrected chi connectivity index (χ2v) is 7.53. The van der Waals surface area contributed by atoms with Gasteiger partial charge in [0.25, 0.3) is 0 Å². The van der Waals surface area contributed by atoms with Crippen molar-refractivity contribution in [2.45, 2.75) is 25.9 Å². The van der Waals surface area contributed by atoms with Gasteiger partial charge >= 0.3 is 11.9 Å². The number of aliphatic carboxylic acids is 2. The summed E-state index contributed by atoms with van der Waals surface area (Å²) in [5.74, 6) is -1.71. The van der Waals surface area contributed by atoms with Crippen LogP contribution in [0.1, 0.15) is 13.8 Å². The first-order valence-electron chi connectivity index (χ1n) is 10.3. The van der Waals surface area contributed by atoms with Gasteiger partial charge in [-0.15, -0.1) is 0 Å². The third kappa shape index (κ3) is 5.98. The van der Waals surface area contributed by atoms with Gasteiger partial charge in [0.1, 0.15) is 12.1 Å². The van der Waals surface area contributed by atoms with Gasteiger partial charge in [0.05, 0.1) is 0 Å². The second-order valence-electron chi connectivity index (χ2n) is 7.53. The van der Waals surface area contributed by atoms with Gasteiger partial charge in [0.2, 0.25) is 0 Å². The van der Waals surface area contributed by atoms with E-state index in [1.807, 2.05) is 84.9 Å². The maximum atomic E-state index is 10.7. The molecule has 0 heterocycles. The smallest absolute Gasteiger partial charge is 0.325 e. The Hall–Kier alpha value is -4.06. The summed E-state index contributed by atoms with van der Waals surface area (Å²) in [7, 11) is 0. The van der Waals surface area contributed by atoms with E-state index in [9.17, 15) is 9.59 Å². The van der Waals surface area contributed by atoms with Crippen molar-refractivity contribution in [1.29, 1.82) is 0 Å². The van der Waals surface area contributed by atoms with Gasteiger partial charge in [-0.3, -0.25) is 9.59 Å². The van der Waals surface area contributed by atoms with Crippen molar-refractivity contribution in [3.63, 3.8) is 0 Å². The number of carbonyl (C=O) groups is 2. The van der Waals surface area contributed by atoms with Crippen LogP contribution in [0.15, 0.2) is 84.9 Å². The Balaban J connectivity index is 0.000000181. The van der Waals surface area contributed by atoms with Gasteiger partial charge in [-0.1, -0.05) is 60.7 Å². The summed E-state index contributed by atoms with van der Waals surface area (Å²) in [6.07, 6.45) is 0. The quantitative estimate of drug-likeness (QED) is 0.325. The first-order chi connectivity index (χ1) is 15.3.